The van der Waals surface area contributed by atoms with Gasteiger partial charge in [-0.1, -0.05) is 24.3 Å². The molecule has 5 nitrogen and oxygen atoms in total. The van der Waals surface area contributed by atoms with Crippen LogP contribution < -0.4 is 0 Å². The molecular weight excluding hydrogens is 268 g/mol. The third-order valence-corrected chi connectivity index (χ3v) is 4.05. The van der Waals surface area contributed by atoms with Crippen LogP contribution in [0.4, 0.5) is 0 Å². The van der Waals surface area contributed by atoms with Gasteiger partial charge < -0.3 is 14.4 Å². The van der Waals surface area contributed by atoms with Crippen LogP contribution in [0.1, 0.15) is 23.7 Å². The van der Waals surface area contributed by atoms with Crippen molar-refractivity contribution < 1.29 is 14.3 Å². The molecule has 0 aliphatic carbocycles. The third-order valence-electron chi connectivity index (χ3n) is 4.05. The summed E-state index contributed by atoms with van der Waals surface area (Å²) in [7, 11) is 0. The van der Waals surface area contributed by atoms with Crippen molar-refractivity contribution in [3.8, 4) is 6.07 Å². The van der Waals surface area contributed by atoms with Crippen LogP contribution in [0.2, 0.25) is 0 Å². The van der Waals surface area contributed by atoms with Crippen LogP contribution in [0.5, 0.6) is 0 Å². The Hall–Kier alpha value is -1.90. The van der Waals surface area contributed by atoms with Gasteiger partial charge in [-0.3, -0.25) is 4.79 Å². The van der Waals surface area contributed by atoms with Crippen molar-refractivity contribution in [3.05, 3.63) is 35.4 Å². The van der Waals surface area contributed by atoms with Crippen LogP contribution in [0, 0.1) is 11.3 Å². The van der Waals surface area contributed by atoms with E-state index in [2.05, 4.69) is 12.1 Å². The lowest BCUT2D eigenvalue weighted by atomic mass is 9.95. The highest BCUT2D eigenvalue weighted by molar-refractivity contribution is 5.78. The van der Waals surface area contributed by atoms with E-state index in [1.807, 2.05) is 18.2 Å². The van der Waals surface area contributed by atoms with Crippen molar-refractivity contribution in [3.63, 3.8) is 0 Å². The number of carbonyl (C=O) groups is 1. The average Bonchev–Trinajstić information content (AvgIpc) is 2.55. The molecule has 0 N–H and O–H groups in total. The fourth-order valence-corrected chi connectivity index (χ4v) is 2.93. The van der Waals surface area contributed by atoms with E-state index >= 15 is 0 Å². The van der Waals surface area contributed by atoms with Crippen molar-refractivity contribution in [2.24, 2.45) is 0 Å². The maximum atomic E-state index is 12.5. The molecule has 0 unspecified atom stereocenters. The Labute approximate surface area is 124 Å². The smallest absolute Gasteiger partial charge is 0.226 e. The second-order valence-electron chi connectivity index (χ2n) is 5.32. The number of benzene rings is 1. The van der Waals surface area contributed by atoms with Crippen molar-refractivity contribution in [1.29, 1.82) is 5.26 Å². The van der Waals surface area contributed by atoms with Crippen molar-refractivity contribution in [1.82, 2.24) is 4.90 Å². The number of amides is 1. The number of nitriles is 1. The van der Waals surface area contributed by atoms with Crippen molar-refractivity contribution in [2.45, 2.75) is 25.0 Å². The molecular formula is C16H18N2O3. The summed E-state index contributed by atoms with van der Waals surface area (Å²) in [6.07, 6.45) is 0.971. The van der Waals surface area contributed by atoms with Crippen LogP contribution in [0.15, 0.2) is 24.3 Å². The Bertz CT molecular complexity index is 567. The van der Waals surface area contributed by atoms with Gasteiger partial charge in [0.05, 0.1) is 38.4 Å². The molecule has 2 heterocycles. The van der Waals surface area contributed by atoms with E-state index in [9.17, 15) is 4.79 Å². The van der Waals surface area contributed by atoms with Crippen LogP contribution in [0.25, 0.3) is 0 Å². The first kappa shape index (κ1) is 14.1. The van der Waals surface area contributed by atoms with Crippen LogP contribution in [-0.4, -0.2) is 43.2 Å². The fourth-order valence-electron chi connectivity index (χ4n) is 2.93. The molecule has 1 amide bonds. The Kier molecular flexibility index (Phi) is 4.18. The summed E-state index contributed by atoms with van der Waals surface area (Å²) in [5, 5.41) is 9.12. The molecule has 3 rings (SSSR count). The molecule has 110 valence electrons. The summed E-state index contributed by atoms with van der Waals surface area (Å²) >= 11 is 0. The van der Waals surface area contributed by atoms with E-state index in [-0.39, 0.29) is 18.4 Å². The molecule has 0 saturated carbocycles. The summed E-state index contributed by atoms with van der Waals surface area (Å²) in [5.41, 5.74) is 2.35. The molecule has 0 radical (unpaired) electrons. The first-order valence-corrected chi connectivity index (χ1v) is 7.26. The number of hydrogen-bond donors (Lipinski definition) is 0. The predicted octanol–water partition coefficient (Wildman–Crippen LogP) is 1.44. The molecule has 5 heteroatoms. The molecule has 0 spiro atoms. The van der Waals surface area contributed by atoms with Gasteiger partial charge in [0.1, 0.15) is 6.04 Å². The van der Waals surface area contributed by atoms with Gasteiger partial charge in [0.25, 0.3) is 0 Å². The third kappa shape index (κ3) is 2.92. The lowest BCUT2D eigenvalue weighted by Gasteiger charge is -2.33. The minimum absolute atomic E-state index is 0.0356. The number of nitrogens with zero attached hydrogens (tertiary/aromatic N) is 2. The topological polar surface area (TPSA) is 62.6 Å². The molecule has 0 aromatic heterocycles. The van der Waals surface area contributed by atoms with E-state index in [1.54, 1.807) is 4.90 Å². The minimum atomic E-state index is -0.481. The molecule has 1 aromatic carbocycles. The van der Waals surface area contributed by atoms with Gasteiger partial charge in [0.15, 0.2) is 0 Å². The molecule has 1 fully saturated rings. The Morgan fingerprint density at radius 1 is 1.38 bits per heavy atom. The van der Waals surface area contributed by atoms with Crippen molar-refractivity contribution in [2.75, 3.05) is 26.4 Å². The zero-order valence-electron chi connectivity index (χ0n) is 11.8. The summed E-state index contributed by atoms with van der Waals surface area (Å²) in [5.74, 6) is -0.0356. The van der Waals surface area contributed by atoms with E-state index in [1.165, 1.54) is 5.56 Å². The number of rotatable bonds is 2. The van der Waals surface area contributed by atoms with Crippen LogP contribution in [-0.2, 0) is 20.7 Å². The normalized spacial score (nSPS) is 25.0. The molecule has 1 aromatic rings. The summed E-state index contributed by atoms with van der Waals surface area (Å²) in [4.78, 5) is 14.1. The van der Waals surface area contributed by atoms with E-state index < -0.39 is 6.04 Å². The zero-order valence-corrected chi connectivity index (χ0v) is 11.8. The first-order chi connectivity index (χ1) is 10.3. The quantitative estimate of drug-likeness (QED) is 0.825. The molecule has 2 aliphatic heterocycles. The Balaban J connectivity index is 1.72. The summed E-state index contributed by atoms with van der Waals surface area (Å²) < 4.78 is 11.0. The highest BCUT2D eigenvalue weighted by Gasteiger charge is 2.30. The largest absolute Gasteiger partial charge is 0.376 e. The van der Waals surface area contributed by atoms with Gasteiger partial charge in [0.2, 0.25) is 5.91 Å². The highest BCUT2D eigenvalue weighted by atomic mass is 16.5. The standard InChI is InChI=1S/C16H18N2O3/c17-10-13-11-20-8-6-18(13)16(19)9-15-14-4-2-1-3-12(14)5-7-21-15/h1-4,13,15H,5-9,11H2/t13-,15+/m1/s1. The Morgan fingerprint density at radius 2 is 2.24 bits per heavy atom. The van der Waals surface area contributed by atoms with Crippen LogP contribution >= 0.6 is 0 Å². The lowest BCUT2D eigenvalue weighted by Crippen LogP contribution is -2.48. The van der Waals surface area contributed by atoms with Gasteiger partial charge in [0, 0.05) is 6.54 Å². The van der Waals surface area contributed by atoms with E-state index in [4.69, 9.17) is 14.7 Å². The van der Waals surface area contributed by atoms with Gasteiger partial charge >= 0.3 is 0 Å². The molecule has 2 atom stereocenters. The highest BCUT2D eigenvalue weighted by Crippen LogP contribution is 2.30. The van der Waals surface area contributed by atoms with Gasteiger partial charge in [-0.15, -0.1) is 0 Å². The predicted molar refractivity (Wildman–Crippen MR) is 75.4 cm³/mol. The zero-order chi connectivity index (χ0) is 14.7. The monoisotopic (exact) mass is 286 g/mol. The first-order valence-electron chi connectivity index (χ1n) is 7.26. The van der Waals surface area contributed by atoms with Gasteiger partial charge in [-0.2, -0.15) is 5.26 Å². The Morgan fingerprint density at radius 3 is 3.10 bits per heavy atom. The number of morpholine rings is 1. The SMILES string of the molecule is N#C[C@@H]1COCCN1C(=O)C[C@@H]1OCCc2ccccc21. The van der Waals surface area contributed by atoms with E-state index in [0.717, 1.165) is 12.0 Å². The van der Waals surface area contributed by atoms with Gasteiger partial charge in [-0.05, 0) is 17.5 Å². The lowest BCUT2D eigenvalue weighted by molar-refractivity contribution is -0.141. The fraction of sp³-hybridized carbons (Fsp3) is 0.500. The molecule has 0 bridgehead atoms. The molecule has 21 heavy (non-hydrogen) atoms. The second-order valence-corrected chi connectivity index (χ2v) is 5.32. The summed E-state index contributed by atoms with van der Waals surface area (Å²) in [6, 6.07) is 9.74. The molecule has 2 aliphatic rings. The maximum Gasteiger partial charge on any atom is 0.226 e. The summed E-state index contributed by atoms with van der Waals surface area (Å²) in [6.45, 7) is 1.90. The van der Waals surface area contributed by atoms with E-state index in [0.29, 0.717) is 26.4 Å². The number of hydrogen-bond acceptors (Lipinski definition) is 4. The average molecular weight is 286 g/mol. The van der Waals surface area contributed by atoms with Crippen molar-refractivity contribution >= 4 is 5.91 Å². The minimum Gasteiger partial charge on any atom is -0.376 e. The maximum absolute atomic E-state index is 12.5. The number of carbonyl (C=O) groups excluding carboxylic acids is 1. The van der Waals surface area contributed by atoms with Gasteiger partial charge in [-0.25, -0.2) is 0 Å². The second kappa shape index (κ2) is 6.25. The number of ether oxygens (including phenoxy) is 2. The number of fused-ring (bicyclic) bond motifs is 1. The van der Waals surface area contributed by atoms with Crippen LogP contribution in [0.3, 0.4) is 0 Å². The molecule has 1 saturated heterocycles.